The molecule has 1 aromatic rings. The van der Waals surface area contributed by atoms with E-state index in [-0.39, 0.29) is 16.7 Å². The van der Waals surface area contributed by atoms with Crippen LogP contribution in [0, 0.1) is 5.92 Å². The van der Waals surface area contributed by atoms with Gasteiger partial charge in [0.1, 0.15) is 4.90 Å². The van der Waals surface area contributed by atoms with Crippen LogP contribution in [0.4, 0.5) is 0 Å². The van der Waals surface area contributed by atoms with Gasteiger partial charge in [-0.1, -0.05) is 12.1 Å². The number of likely N-dealkylation sites (tertiary alicyclic amines) is 1. The van der Waals surface area contributed by atoms with Crippen molar-refractivity contribution < 1.29 is 13.2 Å². The second-order valence-corrected chi connectivity index (χ2v) is 6.86. The first-order valence-corrected chi connectivity index (χ1v) is 8.38. The number of hydrogen-bond donors (Lipinski definition) is 1. The fraction of sp³-hybridized carbons (Fsp3) is 0.429. The van der Waals surface area contributed by atoms with E-state index in [2.05, 4.69) is 9.71 Å². The maximum atomic E-state index is 12.1. The zero-order valence-electron chi connectivity index (χ0n) is 11.7. The summed E-state index contributed by atoms with van der Waals surface area (Å²) in [6, 6.07) is 6.83. The molecule has 0 spiro atoms. The molecule has 1 amide bonds. The average molecular weight is 307 g/mol. The Labute approximate surface area is 123 Å². The molecule has 0 aliphatic carbocycles. The Balaban J connectivity index is 1.93. The Morgan fingerprint density at radius 3 is 2.90 bits per heavy atom. The lowest BCUT2D eigenvalue weighted by atomic mass is 9.96. The van der Waals surface area contributed by atoms with Gasteiger partial charge in [-0.05, 0) is 25.0 Å². The number of carbonyl (C=O) groups is 1. The van der Waals surface area contributed by atoms with Gasteiger partial charge in [-0.3, -0.25) is 4.79 Å². The zero-order valence-corrected chi connectivity index (χ0v) is 12.6. The number of piperidine rings is 1. The molecule has 0 saturated carbocycles. The molecule has 1 saturated heterocycles. The third-order valence-corrected chi connectivity index (χ3v) is 5.28. The van der Waals surface area contributed by atoms with Crippen LogP contribution in [-0.4, -0.2) is 45.2 Å². The summed E-state index contributed by atoms with van der Waals surface area (Å²) < 4.78 is 28.1. The molecular formula is C14H17N3O3S. The second-order valence-electron chi connectivity index (χ2n) is 5.29. The van der Waals surface area contributed by atoms with Crippen LogP contribution in [0.25, 0.3) is 0 Å². The minimum absolute atomic E-state index is 0.00515. The van der Waals surface area contributed by atoms with Gasteiger partial charge >= 0.3 is 0 Å². The first-order chi connectivity index (χ1) is 10.0. The molecule has 3 rings (SSSR count). The monoisotopic (exact) mass is 307 g/mol. The van der Waals surface area contributed by atoms with Crippen molar-refractivity contribution in [2.24, 2.45) is 10.3 Å². The van der Waals surface area contributed by atoms with Crippen LogP contribution < -0.4 is 5.32 Å². The minimum atomic E-state index is -3.60. The number of benzene rings is 1. The lowest BCUT2D eigenvalue weighted by molar-refractivity contribution is -0.125. The molecule has 1 unspecified atom stereocenters. The molecule has 7 heteroatoms. The molecular weight excluding hydrogens is 290 g/mol. The molecule has 1 aromatic carbocycles. The molecule has 1 fully saturated rings. The first-order valence-electron chi connectivity index (χ1n) is 6.94. The standard InChI is InChI=1S/C14H17N3O3S/c1-15-14(18)10-5-4-8-17(9-10)13-11-6-2-3-7-12(11)21(19,20)16-13/h2-3,6-7,10H,4-5,8-9H2,1H3,(H,15,18). The Morgan fingerprint density at radius 1 is 1.38 bits per heavy atom. The molecule has 6 nitrogen and oxygen atoms in total. The number of hydrogen-bond acceptors (Lipinski definition) is 4. The van der Waals surface area contributed by atoms with Crippen molar-refractivity contribution in [3.05, 3.63) is 29.8 Å². The molecule has 2 heterocycles. The number of amides is 1. The molecule has 0 bridgehead atoms. The van der Waals surface area contributed by atoms with E-state index in [0.717, 1.165) is 19.4 Å². The number of amidine groups is 1. The SMILES string of the molecule is CNC(=O)C1CCCN(C2=NS(=O)(=O)c3ccccc32)C1. The Hall–Kier alpha value is -1.89. The fourth-order valence-electron chi connectivity index (χ4n) is 2.90. The van der Waals surface area contributed by atoms with Gasteiger partial charge in [0.15, 0.2) is 5.84 Å². The van der Waals surface area contributed by atoms with Crippen molar-refractivity contribution in [1.82, 2.24) is 10.2 Å². The van der Waals surface area contributed by atoms with E-state index >= 15 is 0 Å². The number of fused-ring (bicyclic) bond motifs is 1. The molecule has 0 radical (unpaired) electrons. The largest absolute Gasteiger partial charge is 0.359 e. The molecule has 0 aromatic heterocycles. The van der Waals surface area contributed by atoms with E-state index in [1.54, 1.807) is 31.3 Å². The second kappa shape index (κ2) is 5.14. The summed E-state index contributed by atoms with van der Waals surface area (Å²) in [4.78, 5) is 14.0. The Kier molecular flexibility index (Phi) is 3.44. The molecule has 1 N–H and O–H groups in total. The molecule has 112 valence electrons. The lowest BCUT2D eigenvalue weighted by Crippen LogP contribution is -2.44. The van der Waals surface area contributed by atoms with Gasteiger partial charge in [-0.2, -0.15) is 8.42 Å². The highest BCUT2D eigenvalue weighted by Crippen LogP contribution is 2.29. The number of sulfonamides is 1. The highest BCUT2D eigenvalue weighted by molar-refractivity contribution is 7.90. The molecule has 1 atom stereocenters. The van der Waals surface area contributed by atoms with Gasteiger partial charge in [-0.25, -0.2) is 0 Å². The van der Waals surface area contributed by atoms with Gasteiger partial charge in [0.05, 0.1) is 5.92 Å². The highest BCUT2D eigenvalue weighted by atomic mass is 32.2. The van der Waals surface area contributed by atoms with Gasteiger partial charge in [0.25, 0.3) is 10.0 Å². The van der Waals surface area contributed by atoms with E-state index in [1.807, 2.05) is 4.90 Å². The summed E-state index contributed by atoms with van der Waals surface area (Å²) in [5.41, 5.74) is 0.634. The van der Waals surface area contributed by atoms with Crippen molar-refractivity contribution in [2.75, 3.05) is 20.1 Å². The number of rotatable bonds is 1. The normalized spacial score (nSPS) is 23.4. The fourth-order valence-corrected chi connectivity index (χ4v) is 4.13. The lowest BCUT2D eigenvalue weighted by Gasteiger charge is -2.33. The van der Waals surface area contributed by atoms with Crippen LogP contribution >= 0.6 is 0 Å². The topological polar surface area (TPSA) is 78.8 Å². The predicted octanol–water partition coefficient (Wildman–Crippen LogP) is 0.593. The van der Waals surface area contributed by atoms with Crippen LogP contribution in [0.15, 0.2) is 33.6 Å². The molecule has 2 aliphatic rings. The quantitative estimate of drug-likeness (QED) is 0.824. The van der Waals surface area contributed by atoms with Crippen molar-refractivity contribution in [1.29, 1.82) is 0 Å². The smallest absolute Gasteiger partial charge is 0.285 e. The Morgan fingerprint density at radius 2 is 2.14 bits per heavy atom. The predicted molar refractivity (Wildman–Crippen MR) is 78.5 cm³/mol. The summed E-state index contributed by atoms with van der Waals surface area (Å²) in [5, 5.41) is 2.66. The Bertz CT molecular complexity index is 712. The van der Waals surface area contributed by atoms with Crippen LogP contribution in [0.2, 0.25) is 0 Å². The molecule has 2 aliphatic heterocycles. The van der Waals surface area contributed by atoms with Crippen molar-refractivity contribution >= 4 is 21.8 Å². The van der Waals surface area contributed by atoms with E-state index in [0.29, 0.717) is 17.9 Å². The third-order valence-electron chi connectivity index (χ3n) is 3.95. The zero-order chi connectivity index (χ0) is 15.0. The highest BCUT2D eigenvalue weighted by Gasteiger charge is 2.34. The van der Waals surface area contributed by atoms with E-state index in [9.17, 15) is 13.2 Å². The van der Waals surface area contributed by atoms with Gasteiger partial charge in [0, 0.05) is 25.7 Å². The average Bonchev–Trinajstić information content (AvgIpc) is 2.79. The van der Waals surface area contributed by atoms with Crippen molar-refractivity contribution in [3.8, 4) is 0 Å². The van der Waals surface area contributed by atoms with Crippen LogP contribution in [0.1, 0.15) is 18.4 Å². The maximum Gasteiger partial charge on any atom is 0.285 e. The van der Waals surface area contributed by atoms with E-state index < -0.39 is 10.0 Å². The van der Waals surface area contributed by atoms with Gasteiger partial charge < -0.3 is 10.2 Å². The van der Waals surface area contributed by atoms with Crippen molar-refractivity contribution in [3.63, 3.8) is 0 Å². The van der Waals surface area contributed by atoms with Gasteiger partial charge in [0.2, 0.25) is 5.91 Å². The molecule has 21 heavy (non-hydrogen) atoms. The van der Waals surface area contributed by atoms with Crippen LogP contribution in [0.3, 0.4) is 0 Å². The van der Waals surface area contributed by atoms with Crippen LogP contribution in [-0.2, 0) is 14.8 Å². The summed E-state index contributed by atoms with van der Waals surface area (Å²) in [6.45, 7) is 1.22. The number of nitrogens with one attached hydrogen (secondary N) is 1. The van der Waals surface area contributed by atoms with E-state index in [1.165, 1.54) is 0 Å². The maximum absolute atomic E-state index is 12.1. The third kappa shape index (κ3) is 2.42. The summed E-state index contributed by atoms with van der Waals surface area (Å²) >= 11 is 0. The number of carbonyl (C=O) groups excluding carboxylic acids is 1. The van der Waals surface area contributed by atoms with E-state index in [4.69, 9.17) is 0 Å². The van der Waals surface area contributed by atoms with Crippen LogP contribution in [0.5, 0.6) is 0 Å². The minimum Gasteiger partial charge on any atom is -0.359 e. The summed E-state index contributed by atoms with van der Waals surface area (Å²) in [5.74, 6) is 0.343. The van der Waals surface area contributed by atoms with Gasteiger partial charge in [-0.15, -0.1) is 4.40 Å². The summed E-state index contributed by atoms with van der Waals surface area (Å²) in [6.07, 6.45) is 1.66. The number of nitrogens with zero attached hydrogens (tertiary/aromatic N) is 2. The summed E-state index contributed by atoms with van der Waals surface area (Å²) in [7, 11) is -1.98. The first kappa shape index (κ1) is 14.1. The van der Waals surface area contributed by atoms with Crippen molar-refractivity contribution in [2.45, 2.75) is 17.7 Å².